The van der Waals surface area contributed by atoms with E-state index in [1.165, 1.54) is 23.7 Å². The van der Waals surface area contributed by atoms with E-state index >= 15 is 0 Å². The largest absolute Gasteiger partial charge is 0.394 e. The van der Waals surface area contributed by atoms with Crippen molar-refractivity contribution in [2.24, 2.45) is 7.05 Å². The second kappa shape index (κ2) is 7.97. The van der Waals surface area contributed by atoms with E-state index in [2.05, 4.69) is 21.2 Å². The topological polar surface area (TPSA) is 83.8 Å². The molecule has 2 heterocycles. The average Bonchev–Trinajstić information content (AvgIpc) is 2.65. The highest BCUT2D eigenvalue weighted by molar-refractivity contribution is 9.10. The molecular formula is C17H16BrClFN3O4. The lowest BCUT2D eigenvalue weighted by Crippen LogP contribution is -2.40. The number of hydrogen-bond donors (Lipinski definition) is 2. The van der Waals surface area contributed by atoms with Gasteiger partial charge < -0.3 is 10.4 Å². The fourth-order valence-electron chi connectivity index (χ4n) is 2.80. The first kappa shape index (κ1) is 19.8. The van der Waals surface area contributed by atoms with Crippen LogP contribution in [-0.2, 0) is 18.3 Å². The predicted octanol–water partition coefficient (Wildman–Crippen LogP) is 2.61. The normalized spacial score (nSPS) is 13.7. The highest BCUT2D eigenvalue weighted by atomic mass is 79.9. The van der Waals surface area contributed by atoms with Gasteiger partial charge in [0.15, 0.2) is 5.82 Å². The van der Waals surface area contributed by atoms with E-state index in [0.717, 1.165) is 5.06 Å². The van der Waals surface area contributed by atoms with Crippen molar-refractivity contribution in [2.75, 3.05) is 25.1 Å². The van der Waals surface area contributed by atoms with Crippen LogP contribution >= 0.6 is 27.5 Å². The maximum atomic E-state index is 14.5. The minimum absolute atomic E-state index is 0.0211. The summed E-state index contributed by atoms with van der Waals surface area (Å²) >= 11 is 9.06. The number of carbonyl (C=O) groups excluding carboxylic acids is 1. The molecule has 0 aliphatic carbocycles. The summed E-state index contributed by atoms with van der Waals surface area (Å²) in [7, 11) is 1.48. The molecule has 2 N–H and O–H groups in total. The van der Waals surface area contributed by atoms with Crippen molar-refractivity contribution in [1.82, 2.24) is 9.63 Å². The number of anilines is 2. The lowest BCUT2D eigenvalue weighted by atomic mass is 10.0. The number of hydroxylamine groups is 2. The van der Waals surface area contributed by atoms with Gasteiger partial charge in [-0.15, -0.1) is 0 Å². The molecule has 0 bridgehead atoms. The van der Waals surface area contributed by atoms with Crippen molar-refractivity contribution >= 4 is 44.9 Å². The van der Waals surface area contributed by atoms with Gasteiger partial charge in [-0.1, -0.05) is 11.6 Å². The van der Waals surface area contributed by atoms with Gasteiger partial charge in [0.1, 0.15) is 5.82 Å². The maximum Gasteiger partial charge on any atom is 0.281 e. The molecule has 0 radical (unpaired) electrons. The first-order chi connectivity index (χ1) is 12.8. The molecule has 0 saturated carbocycles. The standard InChI is InChI=1S/C17H16BrClFN3O4/c1-22-12(25)8-9-4-5-23(27-7-6-24)17(26)13(9)16(22)21-11-3-2-10(18)14(19)15(11)20/h2-3,8,21,24H,4-7H2,1H3. The van der Waals surface area contributed by atoms with Crippen molar-refractivity contribution < 1.29 is 19.1 Å². The van der Waals surface area contributed by atoms with Crippen LogP contribution in [0.2, 0.25) is 5.02 Å². The van der Waals surface area contributed by atoms with Gasteiger partial charge in [-0.2, -0.15) is 0 Å². The number of pyridine rings is 1. The molecule has 10 heteroatoms. The zero-order chi connectivity index (χ0) is 19.7. The monoisotopic (exact) mass is 459 g/mol. The molecule has 1 aliphatic rings. The van der Waals surface area contributed by atoms with E-state index in [1.54, 1.807) is 6.07 Å². The minimum Gasteiger partial charge on any atom is -0.394 e. The second-order valence-electron chi connectivity index (χ2n) is 5.85. The predicted molar refractivity (Wildman–Crippen MR) is 102 cm³/mol. The van der Waals surface area contributed by atoms with Gasteiger partial charge in [0.05, 0.1) is 36.0 Å². The molecule has 0 spiro atoms. The van der Waals surface area contributed by atoms with Gasteiger partial charge in [-0.05, 0) is 40.0 Å². The van der Waals surface area contributed by atoms with Crippen molar-refractivity contribution in [3.05, 3.63) is 55.0 Å². The SMILES string of the molecule is Cn1c(Nc2ccc(Br)c(Cl)c2F)c2c(cc1=O)CCN(OCCO)C2=O. The van der Waals surface area contributed by atoms with E-state index in [0.29, 0.717) is 16.5 Å². The van der Waals surface area contributed by atoms with Gasteiger partial charge in [0, 0.05) is 17.6 Å². The molecule has 1 amide bonds. The molecule has 0 saturated heterocycles. The number of rotatable bonds is 5. The number of hydrogen-bond acceptors (Lipinski definition) is 5. The first-order valence-corrected chi connectivity index (χ1v) is 9.21. The fourth-order valence-corrected chi connectivity index (χ4v) is 3.27. The minimum atomic E-state index is -0.715. The van der Waals surface area contributed by atoms with Crippen LogP contribution in [0.25, 0.3) is 0 Å². The summed E-state index contributed by atoms with van der Waals surface area (Å²) in [6.45, 7) is -0.0267. The highest BCUT2D eigenvalue weighted by Crippen LogP contribution is 2.33. The van der Waals surface area contributed by atoms with Crippen LogP contribution in [0.4, 0.5) is 15.9 Å². The third kappa shape index (κ3) is 3.73. The number of benzene rings is 1. The Kier molecular flexibility index (Phi) is 5.85. The number of fused-ring (bicyclic) bond motifs is 1. The van der Waals surface area contributed by atoms with Crippen molar-refractivity contribution in [3.8, 4) is 0 Å². The number of nitrogens with zero attached hydrogens (tertiary/aromatic N) is 2. The van der Waals surface area contributed by atoms with Crippen LogP contribution in [0.3, 0.4) is 0 Å². The van der Waals surface area contributed by atoms with Gasteiger partial charge in [-0.3, -0.25) is 19.0 Å². The number of aliphatic hydroxyl groups excluding tert-OH is 1. The molecule has 1 aromatic carbocycles. The number of aliphatic hydroxyl groups is 1. The molecule has 0 atom stereocenters. The van der Waals surface area contributed by atoms with Crippen molar-refractivity contribution in [2.45, 2.75) is 6.42 Å². The Morgan fingerprint density at radius 2 is 2.15 bits per heavy atom. The number of carbonyl (C=O) groups is 1. The Bertz CT molecular complexity index is 966. The number of nitrogens with one attached hydrogen (secondary N) is 1. The highest BCUT2D eigenvalue weighted by Gasteiger charge is 2.30. The van der Waals surface area contributed by atoms with Crippen molar-refractivity contribution in [1.29, 1.82) is 0 Å². The van der Waals surface area contributed by atoms with E-state index in [9.17, 15) is 14.0 Å². The number of amides is 1. The summed E-state index contributed by atoms with van der Waals surface area (Å²) in [5.41, 5.74) is 0.433. The summed E-state index contributed by atoms with van der Waals surface area (Å²) in [6, 6.07) is 4.38. The molecule has 144 valence electrons. The summed E-state index contributed by atoms with van der Waals surface area (Å²) < 4.78 is 16.1. The Balaban J connectivity index is 2.09. The molecule has 3 rings (SSSR count). The van der Waals surface area contributed by atoms with E-state index in [1.807, 2.05) is 0 Å². The second-order valence-corrected chi connectivity index (χ2v) is 7.08. The zero-order valence-electron chi connectivity index (χ0n) is 14.3. The van der Waals surface area contributed by atoms with E-state index < -0.39 is 11.7 Å². The van der Waals surface area contributed by atoms with Gasteiger partial charge in [0.2, 0.25) is 0 Å². The zero-order valence-corrected chi connectivity index (χ0v) is 16.6. The maximum absolute atomic E-state index is 14.5. The summed E-state index contributed by atoms with van der Waals surface area (Å²) in [5.74, 6) is -1.06. The van der Waals surface area contributed by atoms with Crippen molar-refractivity contribution in [3.63, 3.8) is 0 Å². The van der Waals surface area contributed by atoms with Gasteiger partial charge in [-0.25, -0.2) is 9.45 Å². The van der Waals surface area contributed by atoms with E-state index in [-0.39, 0.29) is 47.4 Å². The van der Waals surface area contributed by atoms with Crippen LogP contribution < -0.4 is 10.9 Å². The molecule has 7 nitrogen and oxygen atoms in total. The van der Waals surface area contributed by atoms with Crippen LogP contribution in [0, 0.1) is 5.82 Å². The Morgan fingerprint density at radius 3 is 2.85 bits per heavy atom. The van der Waals surface area contributed by atoms with Crippen LogP contribution in [0.5, 0.6) is 0 Å². The lowest BCUT2D eigenvalue weighted by Gasteiger charge is -2.29. The molecule has 1 aromatic heterocycles. The summed E-state index contributed by atoms with van der Waals surface area (Å²) in [4.78, 5) is 30.4. The quantitative estimate of drug-likeness (QED) is 0.670. The van der Waals surface area contributed by atoms with Crippen LogP contribution in [0.15, 0.2) is 27.5 Å². The van der Waals surface area contributed by atoms with Gasteiger partial charge >= 0.3 is 0 Å². The van der Waals surface area contributed by atoms with E-state index in [4.69, 9.17) is 21.5 Å². The third-order valence-corrected chi connectivity index (χ3v) is 5.43. The third-order valence-electron chi connectivity index (χ3n) is 4.17. The first-order valence-electron chi connectivity index (χ1n) is 8.04. The number of halogens is 3. The summed E-state index contributed by atoms with van der Waals surface area (Å²) in [5, 5.41) is 12.7. The summed E-state index contributed by atoms with van der Waals surface area (Å²) in [6.07, 6.45) is 0.390. The average molecular weight is 461 g/mol. The molecule has 1 aliphatic heterocycles. The van der Waals surface area contributed by atoms with Crippen LogP contribution in [-0.4, -0.2) is 40.4 Å². The van der Waals surface area contributed by atoms with Gasteiger partial charge in [0.25, 0.3) is 11.5 Å². The smallest absolute Gasteiger partial charge is 0.281 e. The molecular weight excluding hydrogens is 445 g/mol. The molecule has 0 fully saturated rings. The molecule has 0 unspecified atom stereocenters. The molecule has 2 aromatic rings. The Labute approximate surface area is 167 Å². The molecule has 27 heavy (non-hydrogen) atoms. The number of aromatic nitrogens is 1. The Hall–Kier alpha value is -1.94. The van der Waals surface area contributed by atoms with Crippen LogP contribution in [0.1, 0.15) is 15.9 Å². The Morgan fingerprint density at radius 1 is 1.41 bits per heavy atom. The lowest BCUT2D eigenvalue weighted by molar-refractivity contribution is -0.132. The fraction of sp³-hybridized carbons (Fsp3) is 0.294.